The molecule has 0 bridgehead atoms. The minimum atomic E-state index is -0.592. The summed E-state index contributed by atoms with van der Waals surface area (Å²) in [5, 5.41) is 5.55. The van der Waals surface area contributed by atoms with Crippen LogP contribution < -0.4 is 15.5 Å². The van der Waals surface area contributed by atoms with Gasteiger partial charge in [-0.05, 0) is 32.4 Å². The second-order valence-electron chi connectivity index (χ2n) is 6.02. The van der Waals surface area contributed by atoms with E-state index in [2.05, 4.69) is 20.5 Å². The van der Waals surface area contributed by atoms with Crippen molar-refractivity contribution >= 4 is 17.6 Å². The Kier molecular flexibility index (Phi) is 6.54. The molecule has 7 heteroatoms. The van der Waals surface area contributed by atoms with Crippen molar-refractivity contribution in [2.24, 2.45) is 0 Å². The van der Waals surface area contributed by atoms with Crippen molar-refractivity contribution in [3.63, 3.8) is 0 Å². The first-order valence-corrected chi connectivity index (χ1v) is 8.41. The highest BCUT2D eigenvalue weighted by atomic mass is 16.5. The maximum Gasteiger partial charge on any atom is 0.253 e. The fourth-order valence-corrected chi connectivity index (χ4v) is 2.32. The maximum atomic E-state index is 12.2. The van der Waals surface area contributed by atoms with Crippen LogP contribution in [0.1, 0.15) is 37.6 Å². The molecule has 0 aromatic carbocycles. The molecule has 0 spiro atoms. The number of anilines is 1. The van der Waals surface area contributed by atoms with Gasteiger partial charge < -0.3 is 20.3 Å². The van der Waals surface area contributed by atoms with Crippen LogP contribution in [0.25, 0.3) is 0 Å². The molecule has 0 aliphatic carbocycles. The van der Waals surface area contributed by atoms with Crippen molar-refractivity contribution in [3.05, 3.63) is 23.9 Å². The molecule has 7 nitrogen and oxygen atoms in total. The molecule has 1 aromatic heterocycles. The van der Waals surface area contributed by atoms with Gasteiger partial charge in [0.25, 0.3) is 5.91 Å². The highest BCUT2D eigenvalue weighted by Gasteiger charge is 2.18. The molecular formula is C17H26N4O3. The van der Waals surface area contributed by atoms with Gasteiger partial charge in [-0.15, -0.1) is 0 Å². The number of hydrogen-bond donors (Lipinski definition) is 2. The van der Waals surface area contributed by atoms with E-state index in [1.54, 1.807) is 19.2 Å². The number of aromatic nitrogens is 1. The number of morpholine rings is 1. The van der Waals surface area contributed by atoms with Gasteiger partial charge >= 0.3 is 0 Å². The predicted octanol–water partition coefficient (Wildman–Crippen LogP) is 0.951. The average molecular weight is 334 g/mol. The molecule has 1 fully saturated rings. The second-order valence-corrected chi connectivity index (χ2v) is 6.02. The van der Waals surface area contributed by atoms with E-state index in [9.17, 15) is 9.59 Å². The van der Waals surface area contributed by atoms with E-state index in [0.717, 1.165) is 25.3 Å². The Morgan fingerprint density at radius 1 is 1.25 bits per heavy atom. The van der Waals surface area contributed by atoms with Crippen molar-refractivity contribution in [2.45, 2.75) is 39.3 Å². The Morgan fingerprint density at radius 3 is 2.54 bits per heavy atom. The quantitative estimate of drug-likeness (QED) is 0.809. The van der Waals surface area contributed by atoms with E-state index in [4.69, 9.17) is 4.74 Å². The molecule has 1 saturated heterocycles. The van der Waals surface area contributed by atoms with Crippen molar-refractivity contribution in [2.75, 3.05) is 31.2 Å². The van der Waals surface area contributed by atoms with E-state index >= 15 is 0 Å². The number of nitrogens with zero attached hydrogens (tertiary/aromatic N) is 2. The molecule has 0 saturated carbocycles. The zero-order chi connectivity index (χ0) is 17.5. The predicted molar refractivity (Wildman–Crippen MR) is 92.1 cm³/mol. The Labute approximate surface area is 142 Å². The third kappa shape index (κ3) is 4.92. The van der Waals surface area contributed by atoms with Crippen LogP contribution in [0.3, 0.4) is 0 Å². The first kappa shape index (κ1) is 18.2. The molecule has 2 rings (SSSR count). The summed E-state index contributed by atoms with van der Waals surface area (Å²) >= 11 is 0. The largest absolute Gasteiger partial charge is 0.378 e. The van der Waals surface area contributed by atoms with Gasteiger partial charge in [0.15, 0.2) is 0 Å². The van der Waals surface area contributed by atoms with Crippen LogP contribution in [0.5, 0.6) is 0 Å². The minimum absolute atomic E-state index is 0.0892. The molecule has 1 aliphatic heterocycles. The Bertz CT molecular complexity index is 555. The minimum Gasteiger partial charge on any atom is -0.378 e. The van der Waals surface area contributed by atoms with Crippen LogP contribution in [-0.2, 0) is 9.53 Å². The highest BCUT2D eigenvalue weighted by Crippen LogP contribution is 2.13. The fourth-order valence-electron chi connectivity index (χ4n) is 2.32. The standard InChI is InChI=1S/C17H26N4O3/c1-4-12(2)19-16(22)13(3)20-17(23)14-5-6-15(18-11-14)21-7-9-24-10-8-21/h5-6,11-13H,4,7-10H2,1-3H3,(H,19,22)(H,20,23)/t12-,13-/m0/s1. The molecule has 0 radical (unpaired) electrons. The third-order valence-electron chi connectivity index (χ3n) is 4.09. The van der Waals surface area contributed by atoms with Gasteiger partial charge in [0, 0.05) is 25.3 Å². The molecule has 2 heterocycles. The first-order valence-electron chi connectivity index (χ1n) is 8.41. The Hall–Kier alpha value is -2.15. The van der Waals surface area contributed by atoms with E-state index in [1.807, 2.05) is 19.9 Å². The molecule has 1 aromatic rings. The van der Waals surface area contributed by atoms with Crippen LogP contribution in [-0.4, -0.2) is 55.2 Å². The molecule has 24 heavy (non-hydrogen) atoms. The Morgan fingerprint density at radius 2 is 1.96 bits per heavy atom. The normalized spacial score (nSPS) is 17.0. The van der Waals surface area contributed by atoms with Crippen molar-refractivity contribution in [3.8, 4) is 0 Å². The summed E-state index contributed by atoms with van der Waals surface area (Å²) in [4.78, 5) is 30.7. The lowest BCUT2D eigenvalue weighted by Gasteiger charge is -2.27. The van der Waals surface area contributed by atoms with Gasteiger partial charge in [-0.1, -0.05) is 6.92 Å². The van der Waals surface area contributed by atoms with Crippen LogP contribution in [0.2, 0.25) is 0 Å². The average Bonchev–Trinajstić information content (AvgIpc) is 2.62. The number of nitrogens with one attached hydrogen (secondary N) is 2. The number of pyridine rings is 1. The summed E-state index contributed by atoms with van der Waals surface area (Å²) in [6.07, 6.45) is 2.39. The van der Waals surface area contributed by atoms with Gasteiger partial charge in [-0.2, -0.15) is 0 Å². The van der Waals surface area contributed by atoms with E-state index in [1.165, 1.54) is 0 Å². The van der Waals surface area contributed by atoms with E-state index < -0.39 is 6.04 Å². The second kappa shape index (κ2) is 8.63. The van der Waals surface area contributed by atoms with Crippen molar-refractivity contribution in [1.82, 2.24) is 15.6 Å². The van der Waals surface area contributed by atoms with Gasteiger partial charge in [-0.25, -0.2) is 4.98 Å². The van der Waals surface area contributed by atoms with Gasteiger partial charge in [0.1, 0.15) is 11.9 Å². The summed E-state index contributed by atoms with van der Waals surface area (Å²) in [6, 6.07) is 3.05. The van der Waals surface area contributed by atoms with Crippen LogP contribution in [0, 0.1) is 0 Å². The first-order chi connectivity index (χ1) is 11.5. The van der Waals surface area contributed by atoms with Crippen molar-refractivity contribution in [1.29, 1.82) is 0 Å². The Balaban J connectivity index is 1.91. The monoisotopic (exact) mass is 334 g/mol. The molecule has 2 N–H and O–H groups in total. The lowest BCUT2D eigenvalue weighted by molar-refractivity contribution is -0.123. The summed E-state index contributed by atoms with van der Waals surface area (Å²) in [5.41, 5.74) is 0.440. The topological polar surface area (TPSA) is 83.6 Å². The smallest absolute Gasteiger partial charge is 0.253 e. The summed E-state index contributed by atoms with van der Waals surface area (Å²) in [6.45, 7) is 8.57. The molecule has 1 aliphatic rings. The maximum absolute atomic E-state index is 12.2. The lowest BCUT2D eigenvalue weighted by atomic mass is 10.2. The van der Waals surface area contributed by atoms with Crippen LogP contribution in [0.4, 0.5) is 5.82 Å². The van der Waals surface area contributed by atoms with Gasteiger partial charge in [0.05, 0.1) is 18.8 Å². The summed E-state index contributed by atoms with van der Waals surface area (Å²) < 4.78 is 5.31. The third-order valence-corrected chi connectivity index (χ3v) is 4.09. The van der Waals surface area contributed by atoms with Gasteiger partial charge in [0.2, 0.25) is 5.91 Å². The number of carbonyl (C=O) groups excluding carboxylic acids is 2. The van der Waals surface area contributed by atoms with Gasteiger partial charge in [-0.3, -0.25) is 9.59 Å². The zero-order valence-electron chi connectivity index (χ0n) is 14.5. The number of rotatable bonds is 6. The number of hydrogen-bond acceptors (Lipinski definition) is 5. The highest BCUT2D eigenvalue weighted by molar-refractivity contribution is 5.97. The number of carbonyl (C=O) groups is 2. The lowest BCUT2D eigenvalue weighted by Crippen LogP contribution is -2.47. The molecule has 0 unspecified atom stereocenters. The summed E-state index contributed by atoms with van der Waals surface area (Å²) in [5.74, 6) is 0.343. The van der Waals surface area contributed by atoms with Crippen LogP contribution in [0.15, 0.2) is 18.3 Å². The molecule has 2 atom stereocenters. The molecular weight excluding hydrogens is 308 g/mol. The van der Waals surface area contributed by atoms with E-state index in [0.29, 0.717) is 18.8 Å². The van der Waals surface area contributed by atoms with Crippen LogP contribution >= 0.6 is 0 Å². The number of ether oxygens (including phenoxy) is 1. The number of amides is 2. The zero-order valence-corrected chi connectivity index (χ0v) is 14.5. The molecule has 2 amide bonds. The summed E-state index contributed by atoms with van der Waals surface area (Å²) in [7, 11) is 0. The fraction of sp³-hybridized carbons (Fsp3) is 0.588. The molecule has 132 valence electrons. The SMILES string of the molecule is CC[C@H](C)NC(=O)[C@H](C)NC(=O)c1ccc(N2CCOCC2)nc1. The van der Waals surface area contributed by atoms with Crippen molar-refractivity contribution < 1.29 is 14.3 Å². The van der Waals surface area contributed by atoms with E-state index in [-0.39, 0.29) is 17.9 Å².